The molecule has 0 aromatic heterocycles. The Labute approximate surface area is 123 Å². The van der Waals surface area contributed by atoms with Gasteiger partial charge in [-0.15, -0.1) is 0 Å². The van der Waals surface area contributed by atoms with E-state index < -0.39 is 18.3 Å². The highest BCUT2D eigenvalue weighted by atomic mass is 79.9. The van der Waals surface area contributed by atoms with Crippen LogP contribution in [0.2, 0.25) is 0 Å². The van der Waals surface area contributed by atoms with Crippen LogP contribution in [0, 0.1) is 12.7 Å². The minimum absolute atomic E-state index is 0.0497. The van der Waals surface area contributed by atoms with Gasteiger partial charge in [-0.2, -0.15) is 8.78 Å². The van der Waals surface area contributed by atoms with Gasteiger partial charge in [0.15, 0.2) is 0 Å². The average Bonchev–Trinajstić information content (AvgIpc) is 2.42. The molecule has 0 saturated carbocycles. The molecule has 2 aromatic carbocycles. The van der Waals surface area contributed by atoms with Crippen molar-refractivity contribution in [2.45, 2.75) is 12.8 Å². The maximum Gasteiger partial charge on any atom is 0.290 e. The maximum absolute atomic E-state index is 14.0. The molecule has 0 amide bonds. The average molecular weight is 344 g/mol. The second kappa shape index (κ2) is 5.87. The maximum atomic E-state index is 14.0. The highest BCUT2D eigenvalue weighted by Gasteiger charge is 2.31. The minimum atomic E-state index is -2.99. The summed E-state index contributed by atoms with van der Waals surface area (Å²) in [7, 11) is 0. The lowest BCUT2D eigenvalue weighted by Gasteiger charge is -2.19. The van der Waals surface area contributed by atoms with Crippen LogP contribution in [-0.4, -0.2) is 6.54 Å². The highest BCUT2D eigenvalue weighted by Crippen LogP contribution is 2.30. The van der Waals surface area contributed by atoms with Crippen LogP contribution in [0.3, 0.4) is 0 Å². The number of anilines is 1. The van der Waals surface area contributed by atoms with Crippen LogP contribution in [0.4, 0.5) is 18.9 Å². The number of rotatable bonds is 4. The Morgan fingerprint density at radius 2 is 1.80 bits per heavy atom. The summed E-state index contributed by atoms with van der Waals surface area (Å²) >= 11 is 3.04. The predicted molar refractivity (Wildman–Crippen MR) is 77.7 cm³/mol. The Bertz CT molecular complexity index is 600. The normalized spacial score (nSPS) is 11.4. The van der Waals surface area contributed by atoms with Gasteiger partial charge in [0.05, 0.1) is 11.0 Å². The molecule has 0 radical (unpaired) electrons. The summed E-state index contributed by atoms with van der Waals surface area (Å²) in [6, 6.07) is 10.4. The summed E-state index contributed by atoms with van der Waals surface area (Å²) in [5, 5.41) is 2.67. The molecule has 2 rings (SSSR count). The van der Waals surface area contributed by atoms with Crippen molar-refractivity contribution in [1.82, 2.24) is 0 Å². The predicted octanol–water partition coefficient (Wildman–Crippen LogP) is 5.10. The van der Waals surface area contributed by atoms with Gasteiger partial charge in [0, 0.05) is 11.3 Å². The van der Waals surface area contributed by atoms with Gasteiger partial charge in [-0.1, -0.05) is 30.3 Å². The van der Waals surface area contributed by atoms with Crippen molar-refractivity contribution in [1.29, 1.82) is 0 Å². The third-order valence-corrected chi connectivity index (χ3v) is 3.57. The molecule has 0 fully saturated rings. The molecule has 0 bridgehead atoms. The monoisotopic (exact) mass is 343 g/mol. The van der Waals surface area contributed by atoms with Gasteiger partial charge in [-0.25, -0.2) is 4.39 Å². The van der Waals surface area contributed by atoms with Gasteiger partial charge in [0.25, 0.3) is 5.92 Å². The van der Waals surface area contributed by atoms with Gasteiger partial charge in [-0.05, 0) is 40.5 Å². The molecule has 0 saturated heterocycles. The third-order valence-electron chi connectivity index (χ3n) is 2.96. The van der Waals surface area contributed by atoms with Gasteiger partial charge < -0.3 is 5.32 Å². The van der Waals surface area contributed by atoms with Crippen molar-refractivity contribution < 1.29 is 13.2 Å². The zero-order chi connectivity index (χ0) is 14.8. The van der Waals surface area contributed by atoms with Crippen molar-refractivity contribution in [3.63, 3.8) is 0 Å². The van der Waals surface area contributed by atoms with E-state index in [0.717, 1.165) is 0 Å². The fourth-order valence-corrected chi connectivity index (χ4v) is 2.17. The molecule has 0 aliphatic rings. The van der Waals surface area contributed by atoms with E-state index in [4.69, 9.17) is 0 Å². The van der Waals surface area contributed by atoms with Gasteiger partial charge >= 0.3 is 0 Å². The molecule has 20 heavy (non-hydrogen) atoms. The van der Waals surface area contributed by atoms with Crippen LogP contribution >= 0.6 is 15.9 Å². The molecule has 0 aliphatic heterocycles. The number of hydrogen-bond acceptors (Lipinski definition) is 1. The second-order valence-corrected chi connectivity index (χ2v) is 5.36. The molecule has 0 heterocycles. The molecule has 0 unspecified atom stereocenters. The number of alkyl halides is 2. The van der Waals surface area contributed by atoms with Crippen LogP contribution in [0.15, 0.2) is 46.9 Å². The number of nitrogens with one attached hydrogen (secondary N) is 1. The summed E-state index contributed by atoms with van der Waals surface area (Å²) < 4.78 is 41.5. The molecule has 106 valence electrons. The Hall–Kier alpha value is -1.49. The van der Waals surface area contributed by atoms with Gasteiger partial charge in [0.1, 0.15) is 5.82 Å². The fraction of sp³-hybridized carbons (Fsp3) is 0.200. The molecule has 0 spiro atoms. The van der Waals surface area contributed by atoms with Crippen LogP contribution < -0.4 is 5.32 Å². The number of aryl methyl sites for hydroxylation is 1. The van der Waals surface area contributed by atoms with E-state index in [1.54, 1.807) is 25.1 Å². The Morgan fingerprint density at radius 3 is 2.45 bits per heavy atom. The standard InChI is InChI=1S/C15H13BrF3N/c1-10-7-13(17)12(16)8-14(10)20-9-15(18,19)11-5-3-2-4-6-11/h2-8,20H,9H2,1H3. The van der Waals surface area contributed by atoms with E-state index in [0.29, 0.717) is 11.3 Å². The Kier molecular flexibility index (Phi) is 4.38. The quantitative estimate of drug-likeness (QED) is 0.814. The molecule has 5 heteroatoms. The molecule has 0 atom stereocenters. The molecule has 0 aliphatic carbocycles. The zero-order valence-electron chi connectivity index (χ0n) is 10.8. The largest absolute Gasteiger partial charge is 0.378 e. The van der Waals surface area contributed by atoms with Crippen molar-refractivity contribution in [2.75, 3.05) is 11.9 Å². The highest BCUT2D eigenvalue weighted by molar-refractivity contribution is 9.10. The summed E-state index contributed by atoms with van der Waals surface area (Å²) in [6.45, 7) is 1.12. The van der Waals surface area contributed by atoms with E-state index >= 15 is 0 Å². The van der Waals surface area contributed by atoms with Gasteiger partial charge in [-0.3, -0.25) is 0 Å². The number of halogens is 4. The minimum Gasteiger partial charge on any atom is -0.378 e. The van der Waals surface area contributed by atoms with Crippen LogP contribution in [0.1, 0.15) is 11.1 Å². The first kappa shape index (κ1) is 14.9. The lowest BCUT2D eigenvalue weighted by molar-refractivity contribution is 0.0106. The van der Waals surface area contributed by atoms with E-state index in [2.05, 4.69) is 21.2 Å². The second-order valence-electron chi connectivity index (χ2n) is 4.51. The molecule has 1 N–H and O–H groups in total. The van der Waals surface area contributed by atoms with Crippen molar-refractivity contribution in [2.24, 2.45) is 0 Å². The number of hydrogen-bond donors (Lipinski definition) is 1. The smallest absolute Gasteiger partial charge is 0.290 e. The van der Waals surface area contributed by atoms with Crippen LogP contribution in [-0.2, 0) is 5.92 Å². The molecule has 1 nitrogen and oxygen atoms in total. The third kappa shape index (κ3) is 3.33. The van der Waals surface area contributed by atoms with Crippen LogP contribution in [0.5, 0.6) is 0 Å². The SMILES string of the molecule is Cc1cc(F)c(Br)cc1NCC(F)(F)c1ccccc1. The lowest BCUT2D eigenvalue weighted by Crippen LogP contribution is -2.25. The van der Waals surface area contributed by atoms with E-state index in [9.17, 15) is 13.2 Å². The van der Waals surface area contributed by atoms with Crippen molar-refractivity contribution >= 4 is 21.6 Å². The topological polar surface area (TPSA) is 12.0 Å². The molecule has 2 aromatic rings. The Morgan fingerprint density at radius 1 is 1.15 bits per heavy atom. The van der Waals surface area contributed by atoms with Crippen LogP contribution in [0.25, 0.3) is 0 Å². The summed E-state index contributed by atoms with van der Waals surface area (Å²) in [4.78, 5) is 0. The summed E-state index contributed by atoms with van der Waals surface area (Å²) in [6.07, 6.45) is 0. The van der Waals surface area contributed by atoms with E-state index in [-0.39, 0.29) is 10.0 Å². The van der Waals surface area contributed by atoms with Gasteiger partial charge in [0.2, 0.25) is 0 Å². The fourth-order valence-electron chi connectivity index (χ4n) is 1.83. The molecular formula is C15H13BrF3N. The number of benzene rings is 2. The Balaban J connectivity index is 2.14. The first-order valence-electron chi connectivity index (χ1n) is 6.03. The summed E-state index contributed by atoms with van der Waals surface area (Å²) in [5.41, 5.74) is 1.01. The van der Waals surface area contributed by atoms with Crippen molar-refractivity contribution in [3.8, 4) is 0 Å². The first-order chi connectivity index (χ1) is 9.40. The summed E-state index contributed by atoms with van der Waals surface area (Å²) in [5.74, 6) is -3.41. The van der Waals surface area contributed by atoms with Crippen molar-refractivity contribution in [3.05, 3.63) is 63.9 Å². The first-order valence-corrected chi connectivity index (χ1v) is 6.82. The van der Waals surface area contributed by atoms with E-state index in [1.807, 2.05) is 0 Å². The van der Waals surface area contributed by atoms with E-state index in [1.165, 1.54) is 24.3 Å². The lowest BCUT2D eigenvalue weighted by atomic mass is 10.1. The zero-order valence-corrected chi connectivity index (χ0v) is 12.3. The molecular weight excluding hydrogens is 331 g/mol.